The van der Waals surface area contributed by atoms with Gasteiger partial charge < -0.3 is 9.63 Å². The second-order valence-corrected chi connectivity index (χ2v) is 5.44. The van der Waals surface area contributed by atoms with Gasteiger partial charge in [0.05, 0.1) is 5.56 Å². The van der Waals surface area contributed by atoms with Gasteiger partial charge in [0, 0.05) is 15.1 Å². The first kappa shape index (κ1) is 13.1. The molecule has 3 aromatic rings. The minimum absolute atomic E-state index is 0.00325. The van der Waals surface area contributed by atoms with E-state index in [1.165, 1.54) is 6.07 Å². The Hall–Kier alpha value is -1.85. The molecular weight excluding hydrogens is 344 g/mol. The highest BCUT2D eigenvalue weighted by molar-refractivity contribution is 9.10. The van der Waals surface area contributed by atoms with Crippen LogP contribution in [0.3, 0.4) is 0 Å². The third kappa shape index (κ3) is 2.55. The molecule has 0 aliphatic heterocycles. The van der Waals surface area contributed by atoms with Crippen LogP contribution in [0.25, 0.3) is 22.8 Å². The molecule has 0 amide bonds. The van der Waals surface area contributed by atoms with Crippen LogP contribution in [0.2, 0.25) is 5.02 Å². The van der Waals surface area contributed by atoms with Gasteiger partial charge in [-0.1, -0.05) is 32.7 Å². The average molecular weight is 352 g/mol. The minimum atomic E-state index is 0.00325. The van der Waals surface area contributed by atoms with Gasteiger partial charge in [-0.05, 0) is 42.5 Å². The van der Waals surface area contributed by atoms with Gasteiger partial charge in [-0.3, -0.25) is 0 Å². The van der Waals surface area contributed by atoms with Crippen LogP contribution >= 0.6 is 27.5 Å². The summed E-state index contributed by atoms with van der Waals surface area (Å²) in [6, 6.07) is 12.3. The zero-order valence-corrected chi connectivity index (χ0v) is 12.4. The Morgan fingerprint density at radius 2 is 1.85 bits per heavy atom. The van der Waals surface area contributed by atoms with Crippen molar-refractivity contribution < 1.29 is 9.63 Å². The summed E-state index contributed by atoms with van der Waals surface area (Å²) in [5, 5.41) is 14.2. The molecule has 0 unspecified atom stereocenters. The van der Waals surface area contributed by atoms with E-state index in [1.54, 1.807) is 12.1 Å². The number of benzene rings is 2. The summed E-state index contributed by atoms with van der Waals surface area (Å²) in [4.78, 5) is 4.27. The lowest BCUT2D eigenvalue weighted by atomic mass is 10.2. The average Bonchev–Trinajstić information content (AvgIpc) is 2.89. The smallest absolute Gasteiger partial charge is 0.261 e. The van der Waals surface area contributed by atoms with Crippen molar-refractivity contribution in [2.45, 2.75) is 0 Å². The topological polar surface area (TPSA) is 59.2 Å². The van der Waals surface area contributed by atoms with E-state index in [2.05, 4.69) is 26.1 Å². The van der Waals surface area contributed by atoms with Crippen molar-refractivity contribution in [3.05, 3.63) is 52.0 Å². The van der Waals surface area contributed by atoms with Gasteiger partial charge in [-0.2, -0.15) is 4.98 Å². The molecule has 1 N–H and O–H groups in total. The summed E-state index contributed by atoms with van der Waals surface area (Å²) in [5.41, 5.74) is 1.28. The van der Waals surface area contributed by atoms with Gasteiger partial charge in [-0.15, -0.1) is 0 Å². The molecule has 0 aliphatic carbocycles. The largest absolute Gasteiger partial charge is 0.507 e. The summed E-state index contributed by atoms with van der Waals surface area (Å²) in [5.74, 6) is 0.711. The molecule has 0 radical (unpaired) electrons. The lowest BCUT2D eigenvalue weighted by Crippen LogP contribution is -1.82. The van der Waals surface area contributed by atoms with E-state index in [9.17, 15) is 5.11 Å². The van der Waals surface area contributed by atoms with Crippen molar-refractivity contribution in [2.75, 3.05) is 0 Å². The molecule has 1 heterocycles. The lowest BCUT2D eigenvalue weighted by molar-refractivity contribution is 0.426. The molecule has 0 saturated heterocycles. The summed E-state index contributed by atoms with van der Waals surface area (Å²) in [7, 11) is 0. The van der Waals surface area contributed by atoms with Crippen LogP contribution in [-0.4, -0.2) is 15.2 Å². The number of aromatic nitrogens is 2. The van der Waals surface area contributed by atoms with E-state index in [0.29, 0.717) is 16.4 Å². The van der Waals surface area contributed by atoms with E-state index in [-0.39, 0.29) is 11.6 Å². The van der Waals surface area contributed by atoms with E-state index in [0.717, 1.165) is 10.0 Å². The van der Waals surface area contributed by atoms with E-state index < -0.39 is 0 Å². The molecule has 0 aliphatic rings. The number of aromatic hydroxyl groups is 1. The zero-order chi connectivity index (χ0) is 14.1. The molecule has 0 fully saturated rings. The fourth-order valence-corrected chi connectivity index (χ4v) is 2.17. The molecule has 20 heavy (non-hydrogen) atoms. The SMILES string of the molecule is Oc1cc(Cl)ccc1-c1nc(-c2ccc(Br)cc2)no1. The van der Waals surface area contributed by atoms with Crippen LogP contribution in [-0.2, 0) is 0 Å². The number of phenolic OH excluding ortho intramolecular Hbond substituents is 1. The van der Waals surface area contributed by atoms with Gasteiger partial charge in [0.1, 0.15) is 5.75 Å². The van der Waals surface area contributed by atoms with Crippen LogP contribution in [0.15, 0.2) is 51.5 Å². The molecule has 0 spiro atoms. The molecule has 4 nitrogen and oxygen atoms in total. The fraction of sp³-hybridized carbons (Fsp3) is 0. The molecule has 0 saturated carbocycles. The molecule has 6 heteroatoms. The fourth-order valence-electron chi connectivity index (χ4n) is 1.73. The van der Waals surface area contributed by atoms with Gasteiger partial charge in [-0.25, -0.2) is 0 Å². The van der Waals surface area contributed by atoms with Gasteiger partial charge >= 0.3 is 0 Å². The Morgan fingerprint density at radius 1 is 1.10 bits per heavy atom. The highest BCUT2D eigenvalue weighted by atomic mass is 79.9. The maximum atomic E-state index is 9.84. The Kier molecular flexibility index (Phi) is 3.46. The normalized spacial score (nSPS) is 10.7. The number of halogens is 2. The quantitative estimate of drug-likeness (QED) is 0.737. The maximum Gasteiger partial charge on any atom is 0.261 e. The lowest BCUT2D eigenvalue weighted by Gasteiger charge is -1.98. The molecule has 100 valence electrons. The predicted molar refractivity (Wildman–Crippen MR) is 79.5 cm³/mol. The van der Waals surface area contributed by atoms with Crippen molar-refractivity contribution in [1.82, 2.24) is 10.1 Å². The van der Waals surface area contributed by atoms with Crippen LogP contribution < -0.4 is 0 Å². The Labute approximate surface area is 128 Å². The Balaban J connectivity index is 1.99. The Bertz CT molecular complexity index is 756. The number of phenols is 1. The molecule has 1 aromatic heterocycles. The highest BCUT2D eigenvalue weighted by Crippen LogP contribution is 2.31. The summed E-state index contributed by atoms with van der Waals surface area (Å²) >= 11 is 9.16. The highest BCUT2D eigenvalue weighted by Gasteiger charge is 2.14. The van der Waals surface area contributed by atoms with Gasteiger partial charge in [0.2, 0.25) is 5.82 Å². The van der Waals surface area contributed by atoms with E-state index >= 15 is 0 Å². The first-order valence-electron chi connectivity index (χ1n) is 5.72. The number of hydrogen-bond donors (Lipinski definition) is 1. The van der Waals surface area contributed by atoms with Crippen molar-refractivity contribution in [2.24, 2.45) is 0 Å². The first-order valence-corrected chi connectivity index (χ1v) is 6.89. The molecular formula is C14H8BrClN2O2. The van der Waals surface area contributed by atoms with E-state index in [1.807, 2.05) is 24.3 Å². The maximum absolute atomic E-state index is 9.84. The van der Waals surface area contributed by atoms with Crippen LogP contribution in [0.4, 0.5) is 0 Å². The minimum Gasteiger partial charge on any atom is -0.507 e. The third-order valence-electron chi connectivity index (χ3n) is 2.72. The summed E-state index contributed by atoms with van der Waals surface area (Å²) in [6.07, 6.45) is 0. The third-order valence-corrected chi connectivity index (χ3v) is 3.48. The van der Waals surface area contributed by atoms with Crippen LogP contribution in [0, 0.1) is 0 Å². The summed E-state index contributed by atoms with van der Waals surface area (Å²) < 4.78 is 6.15. The number of hydrogen-bond acceptors (Lipinski definition) is 4. The van der Waals surface area contributed by atoms with Gasteiger partial charge in [0.15, 0.2) is 0 Å². The van der Waals surface area contributed by atoms with Crippen LogP contribution in [0.1, 0.15) is 0 Å². The second kappa shape index (κ2) is 5.26. The van der Waals surface area contributed by atoms with Gasteiger partial charge in [0.25, 0.3) is 5.89 Å². The zero-order valence-electron chi connectivity index (χ0n) is 10.0. The van der Waals surface area contributed by atoms with Crippen molar-refractivity contribution in [3.63, 3.8) is 0 Å². The molecule has 3 rings (SSSR count). The number of nitrogens with zero attached hydrogens (tertiary/aromatic N) is 2. The number of rotatable bonds is 2. The van der Waals surface area contributed by atoms with E-state index in [4.69, 9.17) is 16.1 Å². The molecule has 0 bridgehead atoms. The standard InChI is InChI=1S/C14H8BrClN2O2/c15-9-3-1-8(2-4-9)13-17-14(20-18-13)11-6-5-10(16)7-12(11)19/h1-7,19H. The second-order valence-electron chi connectivity index (χ2n) is 4.09. The molecule has 2 aromatic carbocycles. The Morgan fingerprint density at radius 3 is 2.55 bits per heavy atom. The van der Waals surface area contributed by atoms with Crippen LogP contribution in [0.5, 0.6) is 5.75 Å². The first-order chi connectivity index (χ1) is 9.63. The summed E-state index contributed by atoms with van der Waals surface area (Å²) in [6.45, 7) is 0. The van der Waals surface area contributed by atoms with Crippen molar-refractivity contribution >= 4 is 27.5 Å². The molecule has 0 atom stereocenters. The van der Waals surface area contributed by atoms with Crippen molar-refractivity contribution in [3.8, 4) is 28.6 Å². The monoisotopic (exact) mass is 350 g/mol. The van der Waals surface area contributed by atoms with Crippen molar-refractivity contribution in [1.29, 1.82) is 0 Å². The predicted octanol–water partition coefficient (Wildman–Crippen LogP) is 4.53.